The van der Waals surface area contributed by atoms with E-state index in [1.54, 1.807) is 0 Å². The molecule has 0 aromatic rings. The van der Waals surface area contributed by atoms with Gasteiger partial charge in [0.05, 0.1) is 0 Å². The third-order valence-electron chi connectivity index (χ3n) is 0. The number of nitrogens with one attached hydrogen (secondary N) is 1. The predicted molar refractivity (Wildman–Crippen MR) is 13.2 cm³/mol. The molecule has 0 aliphatic rings. The van der Waals surface area contributed by atoms with E-state index in [1.807, 2.05) is 0 Å². The van der Waals surface area contributed by atoms with Crippen LogP contribution in [0.1, 0.15) is 0 Å². The minimum absolute atomic E-state index is 0. The van der Waals surface area contributed by atoms with Crippen LogP contribution in [0.3, 0.4) is 0 Å². The Bertz CT molecular complexity index is 13.5. The minimum atomic E-state index is 0. The van der Waals surface area contributed by atoms with Gasteiger partial charge in [0.25, 0.3) is 0 Å². The first kappa shape index (κ1) is 8.91. The Balaban J connectivity index is 0. The fraction of sp³-hybridized carbons (Fsp3) is 0. The Morgan fingerprint density at radius 1 is 1.75 bits per heavy atom. The molecule has 0 fully saturated rings. The van der Waals surface area contributed by atoms with Crippen molar-refractivity contribution in [3.63, 3.8) is 0 Å². The molecule has 0 radical (unpaired) electrons. The van der Waals surface area contributed by atoms with Crippen LogP contribution in [0.4, 0.5) is 0 Å². The van der Waals surface area contributed by atoms with Gasteiger partial charge in [0.15, 0.2) is 0 Å². The molecule has 0 aliphatic carbocycles. The molecule has 1 N–H and O–H groups in total. The largest absolute Gasteiger partial charge is 1.00 e. The van der Waals surface area contributed by atoms with E-state index in [0.29, 0.717) is 0 Å². The minimum Gasteiger partial charge on any atom is -0.735 e. The van der Waals surface area contributed by atoms with Crippen LogP contribution in [0.15, 0.2) is 6.20 Å². The maximum atomic E-state index is 5.86. The molecule has 0 saturated carbocycles. The van der Waals surface area contributed by atoms with Gasteiger partial charge in [-0.3, -0.25) is 0 Å². The molecule has 0 rings (SSSR count). The SMILES string of the molecule is [CH-]=C[NH-].[Li+]. The standard InChI is InChI=1S/C2H3N.Li/c1-2-3;/h1-3H;/q-2;+1. The second kappa shape index (κ2) is 11.1. The molecule has 0 aliphatic heterocycles. The Hall–Kier alpha value is 0.137. The monoisotopic (exact) mass is 48.0 g/mol. The van der Waals surface area contributed by atoms with Gasteiger partial charge in [-0.05, 0) is 0 Å². The molecule has 0 saturated heterocycles. The number of hydrogen-bond acceptors (Lipinski definition) is 0. The van der Waals surface area contributed by atoms with Gasteiger partial charge in [-0.25, -0.2) is 0 Å². The molecule has 0 aromatic heterocycles. The predicted octanol–water partition coefficient (Wildman–Crippen LogP) is -2.01. The Morgan fingerprint density at radius 2 is 1.75 bits per heavy atom. The summed E-state index contributed by atoms with van der Waals surface area (Å²) in [6.45, 7) is 4.39. The number of rotatable bonds is 0. The van der Waals surface area contributed by atoms with Gasteiger partial charge in [-0.2, -0.15) is 0 Å². The molecule has 0 atom stereocenters. The normalized spacial score (nSPS) is 3.00. The molecule has 0 unspecified atom stereocenters. The molecular formula is C2H3LiN-. The van der Waals surface area contributed by atoms with E-state index >= 15 is 0 Å². The quantitative estimate of drug-likeness (QED) is 0.223. The molecular weight excluding hydrogens is 45.0 g/mol. The molecule has 0 heterocycles. The van der Waals surface area contributed by atoms with Crippen molar-refractivity contribution < 1.29 is 18.9 Å². The van der Waals surface area contributed by atoms with Gasteiger partial charge in [0, 0.05) is 0 Å². The molecule has 4 heavy (non-hydrogen) atoms. The molecule has 0 bridgehead atoms. The topological polar surface area (TPSA) is 23.8 Å². The summed E-state index contributed by atoms with van der Waals surface area (Å²) in [4.78, 5) is 0. The van der Waals surface area contributed by atoms with E-state index in [2.05, 4.69) is 6.58 Å². The van der Waals surface area contributed by atoms with Crippen LogP contribution in [0.25, 0.3) is 5.73 Å². The van der Waals surface area contributed by atoms with Crippen molar-refractivity contribution in [3.05, 3.63) is 18.5 Å². The van der Waals surface area contributed by atoms with E-state index in [1.165, 1.54) is 0 Å². The maximum absolute atomic E-state index is 5.86. The summed E-state index contributed by atoms with van der Waals surface area (Å²) >= 11 is 0. The summed E-state index contributed by atoms with van der Waals surface area (Å²) in [6.07, 6.45) is 0.750. The summed E-state index contributed by atoms with van der Waals surface area (Å²) in [5.74, 6) is 0. The summed E-state index contributed by atoms with van der Waals surface area (Å²) in [6, 6.07) is 0. The van der Waals surface area contributed by atoms with Crippen molar-refractivity contribution in [1.82, 2.24) is 0 Å². The van der Waals surface area contributed by atoms with Crippen molar-refractivity contribution in [1.29, 1.82) is 0 Å². The van der Waals surface area contributed by atoms with Gasteiger partial charge < -0.3 is 18.5 Å². The summed E-state index contributed by atoms with van der Waals surface area (Å²) < 4.78 is 0. The maximum Gasteiger partial charge on any atom is 1.00 e. The summed E-state index contributed by atoms with van der Waals surface area (Å²) in [5, 5.41) is 0. The molecule has 0 aromatic carbocycles. The molecule has 1 nitrogen and oxygen atoms in total. The van der Waals surface area contributed by atoms with Crippen LogP contribution < -0.4 is 18.9 Å². The zero-order valence-electron chi connectivity index (χ0n) is 2.65. The zero-order valence-corrected chi connectivity index (χ0v) is 2.65. The Labute approximate surface area is 38.1 Å². The average molecular weight is 48.0 g/mol. The van der Waals surface area contributed by atoms with Gasteiger partial charge in [-0.1, -0.05) is 0 Å². The van der Waals surface area contributed by atoms with E-state index in [0.717, 1.165) is 6.20 Å². The van der Waals surface area contributed by atoms with Crippen molar-refractivity contribution in [2.24, 2.45) is 0 Å². The first-order valence-electron chi connectivity index (χ1n) is 0.622. The third-order valence-corrected chi connectivity index (χ3v) is 0. The van der Waals surface area contributed by atoms with Gasteiger partial charge >= 0.3 is 18.9 Å². The number of hydrogen-bond donors (Lipinski definition) is 0. The first-order valence-corrected chi connectivity index (χ1v) is 0.622. The second-order valence-corrected chi connectivity index (χ2v) is 0.167. The molecule has 2 heteroatoms. The van der Waals surface area contributed by atoms with Crippen LogP contribution in [0.5, 0.6) is 0 Å². The fourth-order valence-electron chi connectivity index (χ4n) is 0. The van der Waals surface area contributed by atoms with Crippen molar-refractivity contribution >= 4 is 0 Å². The zero-order chi connectivity index (χ0) is 2.71. The van der Waals surface area contributed by atoms with Crippen molar-refractivity contribution in [2.45, 2.75) is 0 Å². The van der Waals surface area contributed by atoms with Gasteiger partial charge in [0.2, 0.25) is 0 Å². The Kier molecular flexibility index (Phi) is 24.7. The van der Waals surface area contributed by atoms with E-state index < -0.39 is 0 Å². The van der Waals surface area contributed by atoms with Crippen molar-refractivity contribution in [2.75, 3.05) is 0 Å². The summed E-state index contributed by atoms with van der Waals surface area (Å²) in [5.41, 5.74) is 5.86. The van der Waals surface area contributed by atoms with Gasteiger partial charge in [-0.15, -0.1) is 0 Å². The molecule has 18 valence electrons. The van der Waals surface area contributed by atoms with E-state index in [-0.39, 0.29) is 18.9 Å². The van der Waals surface area contributed by atoms with Crippen LogP contribution in [-0.4, -0.2) is 0 Å². The Morgan fingerprint density at radius 3 is 1.75 bits per heavy atom. The fourth-order valence-corrected chi connectivity index (χ4v) is 0. The third kappa shape index (κ3) is 146. The van der Waals surface area contributed by atoms with E-state index in [4.69, 9.17) is 5.73 Å². The smallest absolute Gasteiger partial charge is 0.735 e. The summed E-state index contributed by atoms with van der Waals surface area (Å²) in [7, 11) is 0. The van der Waals surface area contributed by atoms with E-state index in [9.17, 15) is 0 Å². The molecule has 0 spiro atoms. The molecule has 0 amide bonds. The van der Waals surface area contributed by atoms with Crippen LogP contribution in [0.2, 0.25) is 0 Å². The second-order valence-electron chi connectivity index (χ2n) is 0.167. The van der Waals surface area contributed by atoms with Crippen LogP contribution in [0, 0.1) is 6.58 Å². The van der Waals surface area contributed by atoms with Gasteiger partial charge in [0.1, 0.15) is 0 Å². The first-order chi connectivity index (χ1) is 1.41. The van der Waals surface area contributed by atoms with Crippen LogP contribution in [-0.2, 0) is 0 Å². The average Bonchev–Trinajstić information content (AvgIpc) is 0.918. The van der Waals surface area contributed by atoms with Crippen LogP contribution >= 0.6 is 0 Å². The van der Waals surface area contributed by atoms with Crippen molar-refractivity contribution in [3.8, 4) is 0 Å².